The van der Waals surface area contributed by atoms with E-state index in [1.807, 2.05) is 38.2 Å². The van der Waals surface area contributed by atoms with Gasteiger partial charge in [-0.05, 0) is 38.7 Å². The molecule has 1 amide bonds. The number of aromatic nitrogens is 1. The average Bonchev–Trinajstić information content (AvgIpc) is 2.65. The first kappa shape index (κ1) is 17.8. The van der Waals surface area contributed by atoms with Gasteiger partial charge in [0.2, 0.25) is 0 Å². The van der Waals surface area contributed by atoms with Gasteiger partial charge in [-0.2, -0.15) is 0 Å². The fourth-order valence-corrected chi connectivity index (χ4v) is 4.38. The van der Waals surface area contributed by atoms with Crippen LogP contribution in [0.15, 0.2) is 41.3 Å². The fourth-order valence-electron chi connectivity index (χ4n) is 4.38. The Bertz CT molecular complexity index is 925. The van der Waals surface area contributed by atoms with Gasteiger partial charge < -0.3 is 14.6 Å². The van der Waals surface area contributed by atoms with Crippen LogP contribution in [0, 0.1) is 6.92 Å². The highest BCUT2D eigenvalue weighted by Gasteiger charge is 2.42. The molecule has 0 saturated heterocycles. The van der Waals surface area contributed by atoms with Crippen LogP contribution >= 0.6 is 0 Å². The topological polar surface area (TPSA) is 60.3 Å². The molecule has 1 atom stereocenters. The van der Waals surface area contributed by atoms with E-state index in [9.17, 15) is 9.59 Å². The molecule has 1 aliphatic carbocycles. The molecule has 4 rings (SSSR count). The summed E-state index contributed by atoms with van der Waals surface area (Å²) in [7, 11) is 1.84. The van der Waals surface area contributed by atoms with Gasteiger partial charge in [0.1, 0.15) is 16.9 Å². The predicted molar refractivity (Wildman–Crippen MR) is 104 cm³/mol. The van der Waals surface area contributed by atoms with Crippen LogP contribution in [0.5, 0.6) is 5.75 Å². The van der Waals surface area contributed by atoms with Crippen LogP contribution in [0.2, 0.25) is 0 Å². The number of para-hydroxylation sites is 1. The summed E-state index contributed by atoms with van der Waals surface area (Å²) in [6, 6.07) is 9.28. The van der Waals surface area contributed by atoms with Crippen LogP contribution in [0.25, 0.3) is 0 Å². The lowest BCUT2D eigenvalue weighted by atomic mass is 9.77. The van der Waals surface area contributed by atoms with Crippen LogP contribution in [0.1, 0.15) is 66.2 Å². The number of hydrogen-bond donors (Lipinski definition) is 1. The Kier molecular flexibility index (Phi) is 4.54. The number of fused-ring (bicyclic) bond motifs is 1. The molecule has 142 valence electrons. The zero-order valence-corrected chi connectivity index (χ0v) is 16.0. The van der Waals surface area contributed by atoms with Gasteiger partial charge >= 0.3 is 0 Å². The molecule has 2 aromatic rings. The summed E-state index contributed by atoms with van der Waals surface area (Å²) in [4.78, 5) is 25.2. The number of amides is 1. The number of pyridine rings is 1. The van der Waals surface area contributed by atoms with E-state index in [1.54, 1.807) is 10.8 Å². The minimum Gasteiger partial charge on any atom is -0.487 e. The van der Waals surface area contributed by atoms with Gasteiger partial charge in [0.05, 0.1) is 6.04 Å². The van der Waals surface area contributed by atoms with E-state index in [1.165, 1.54) is 12.5 Å². The molecule has 5 heteroatoms. The van der Waals surface area contributed by atoms with E-state index in [0.29, 0.717) is 0 Å². The van der Waals surface area contributed by atoms with Crippen molar-refractivity contribution >= 4 is 5.91 Å². The highest BCUT2D eigenvalue weighted by molar-refractivity contribution is 5.94. The van der Waals surface area contributed by atoms with Gasteiger partial charge in [-0.1, -0.05) is 24.6 Å². The van der Waals surface area contributed by atoms with Crippen molar-refractivity contribution in [2.24, 2.45) is 7.05 Å². The standard InChI is InChI=1S/C22H26N2O3/c1-15-12-19(25)17(14-24(15)2)21(26)23-18-13-22(10-6-3-7-11-22)27-20-9-5-4-8-16(18)20/h4-5,8-9,12,14,18H,3,6-7,10-11,13H2,1-2H3,(H,23,26)/t18-/m1/s1. The van der Waals surface area contributed by atoms with Crippen LogP contribution in [0.3, 0.4) is 0 Å². The van der Waals surface area contributed by atoms with Crippen molar-refractivity contribution in [3.63, 3.8) is 0 Å². The number of rotatable bonds is 2. The minimum atomic E-state index is -0.316. The van der Waals surface area contributed by atoms with E-state index in [2.05, 4.69) is 5.32 Å². The Morgan fingerprint density at radius 2 is 1.96 bits per heavy atom. The van der Waals surface area contributed by atoms with Gasteiger partial charge in [-0.25, -0.2) is 0 Å². The fraction of sp³-hybridized carbons (Fsp3) is 0.455. The number of carbonyl (C=O) groups is 1. The van der Waals surface area contributed by atoms with Gasteiger partial charge in [-0.15, -0.1) is 0 Å². The van der Waals surface area contributed by atoms with Crippen LogP contribution in [-0.2, 0) is 7.05 Å². The summed E-state index contributed by atoms with van der Waals surface area (Å²) in [5.41, 5.74) is 1.56. The molecule has 2 aliphatic rings. The highest BCUT2D eigenvalue weighted by Crippen LogP contribution is 2.46. The Morgan fingerprint density at radius 3 is 2.74 bits per heavy atom. The second kappa shape index (κ2) is 6.87. The summed E-state index contributed by atoms with van der Waals surface area (Å²) in [6.45, 7) is 1.85. The van der Waals surface area contributed by atoms with Crippen molar-refractivity contribution in [3.8, 4) is 5.75 Å². The van der Waals surface area contributed by atoms with Crippen molar-refractivity contribution in [3.05, 3.63) is 63.6 Å². The molecular formula is C22H26N2O3. The second-order valence-electron chi connectivity index (χ2n) is 7.92. The van der Waals surface area contributed by atoms with Crippen molar-refractivity contribution in [1.29, 1.82) is 0 Å². The molecule has 1 aliphatic heterocycles. The molecule has 0 unspecified atom stereocenters. The van der Waals surface area contributed by atoms with Gasteiger partial charge in [-0.3, -0.25) is 9.59 Å². The molecule has 0 radical (unpaired) electrons. The van der Waals surface area contributed by atoms with Crippen LogP contribution in [-0.4, -0.2) is 16.1 Å². The lowest BCUT2D eigenvalue weighted by Gasteiger charge is -2.44. The zero-order chi connectivity index (χ0) is 19.0. The third kappa shape index (κ3) is 3.38. The Morgan fingerprint density at radius 1 is 1.22 bits per heavy atom. The number of nitrogens with one attached hydrogen (secondary N) is 1. The monoisotopic (exact) mass is 366 g/mol. The summed E-state index contributed by atoms with van der Waals surface area (Å²) in [5.74, 6) is 0.538. The summed E-state index contributed by atoms with van der Waals surface area (Å²) in [5, 5.41) is 3.12. The van der Waals surface area contributed by atoms with Gasteiger partial charge in [0.25, 0.3) is 5.91 Å². The third-order valence-corrected chi connectivity index (χ3v) is 6.00. The van der Waals surface area contributed by atoms with Crippen molar-refractivity contribution in [2.75, 3.05) is 0 Å². The molecule has 1 fully saturated rings. The molecule has 5 nitrogen and oxygen atoms in total. The minimum absolute atomic E-state index is 0.147. The Hall–Kier alpha value is -2.56. The van der Waals surface area contributed by atoms with E-state index >= 15 is 0 Å². The first-order valence-corrected chi connectivity index (χ1v) is 9.74. The second-order valence-corrected chi connectivity index (χ2v) is 7.92. The lowest BCUT2D eigenvalue weighted by Crippen LogP contribution is -2.46. The van der Waals surface area contributed by atoms with Gasteiger partial charge in [0, 0.05) is 37.0 Å². The maximum atomic E-state index is 12.9. The van der Waals surface area contributed by atoms with E-state index in [0.717, 1.165) is 49.1 Å². The number of ether oxygens (including phenoxy) is 1. The number of nitrogens with zero attached hydrogens (tertiary/aromatic N) is 1. The van der Waals surface area contributed by atoms with Crippen molar-refractivity contribution < 1.29 is 9.53 Å². The average molecular weight is 366 g/mol. The lowest BCUT2D eigenvalue weighted by molar-refractivity contribution is -0.00210. The summed E-state index contributed by atoms with van der Waals surface area (Å²) in [6.07, 6.45) is 7.95. The van der Waals surface area contributed by atoms with Crippen LogP contribution in [0.4, 0.5) is 0 Å². The molecule has 2 heterocycles. The highest BCUT2D eigenvalue weighted by atomic mass is 16.5. The molecule has 1 aromatic heterocycles. The number of aryl methyl sites for hydroxylation is 2. The van der Waals surface area contributed by atoms with E-state index in [-0.39, 0.29) is 28.5 Å². The van der Waals surface area contributed by atoms with Crippen LogP contribution < -0.4 is 15.5 Å². The Balaban J connectivity index is 1.65. The van der Waals surface area contributed by atoms with E-state index in [4.69, 9.17) is 4.74 Å². The summed E-state index contributed by atoms with van der Waals surface area (Å²) < 4.78 is 8.22. The quantitative estimate of drug-likeness (QED) is 0.882. The molecule has 1 N–H and O–H groups in total. The molecule has 1 aromatic carbocycles. The molecule has 27 heavy (non-hydrogen) atoms. The number of benzene rings is 1. The van der Waals surface area contributed by atoms with Gasteiger partial charge in [0.15, 0.2) is 5.43 Å². The predicted octanol–water partition coefficient (Wildman–Crippen LogP) is 3.65. The molecule has 0 bridgehead atoms. The summed E-state index contributed by atoms with van der Waals surface area (Å²) >= 11 is 0. The number of carbonyl (C=O) groups excluding carboxylic acids is 1. The SMILES string of the molecule is Cc1cc(=O)c(C(=O)N[C@@H]2CC3(CCCCC3)Oc3ccccc32)cn1C. The zero-order valence-electron chi connectivity index (χ0n) is 16.0. The molecule has 1 saturated carbocycles. The number of hydrogen-bond acceptors (Lipinski definition) is 3. The molecule has 1 spiro atoms. The largest absolute Gasteiger partial charge is 0.487 e. The van der Waals surface area contributed by atoms with Crippen molar-refractivity contribution in [2.45, 2.75) is 57.1 Å². The maximum Gasteiger partial charge on any atom is 0.257 e. The normalized spacial score (nSPS) is 20.6. The first-order valence-electron chi connectivity index (χ1n) is 9.74. The third-order valence-electron chi connectivity index (χ3n) is 6.00. The Labute approximate surface area is 159 Å². The van der Waals surface area contributed by atoms with Crippen molar-refractivity contribution in [1.82, 2.24) is 9.88 Å². The first-order chi connectivity index (χ1) is 13.0. The maximum absolute atomic E-state index is 12.9. The van der Waals surface area contributed by atoms with E-state index < -0.39 is 0 Å². The smallest absolute Gasteiger partial charge is 0.257 e. The molecular weight excluding hydrogens is 340 g/mol.